The van der Waals surface area contributed by atoms with E-state index in [9.17, 15) is 5.11 Å². The van der Waals surface area contributed by atoms with E-state index in [1.807, 2.05) is 18.2 Å². The van der Waals surface area contributed by atoms with Crippen LogP contribution < -0.4 is 9.64 Å². The van der Waals surface area contributed by atoms with E-state index in [1.54, 1.807) is 13.2 Å². The van der Waals surface area contributed by atoms with Gasteiger partial charge in [0.25, 0.3) is 0 Å². The third-order valence-electron chi connectivity index (χ3n) is 5.78. The Morgan fingerprint density at radius 2 is 1.79 bits per heavy atom. The quantitative estimate of drug-likeness (QED) is 0.740. The van der Waals surface area contributed by atoms with Crippen LogP contribution >= 0.6 is 0 Å². The molecule has 1 aliphatic rings. The molecule has 28 heavy (non-hydrogen) atoms. The van der Waals surface area contributed by atoms with Gasteiger partial charge in [0, 0.05) is 37.6 Å². The van der Waals surface area contributed by atoms with Crippen molar-refractivity contribution in [2.24, 2.45) is 0 Å². The summed E-state index contributed by atoms with van der Waals surface area (Å²) in [5.74, 6) is 1.77. The summed E-state index contributed by atoms with van der Waals surface area (Å²) < 4.78 is 5.26. The Hall–Kier alpha value is -2.79. The number of phenols is 1. The van der Waals surface area contributed by atoms with Crippen molar-refractivity contribution >= 4 is 16.7 Å². The van der Waals surface area contributed by atoms with E-state index in [1.165, 1.54) is 10.9 Å². The molecule has 0 bridgehead atoms. The maximum Gasteiger partial charge on any atom is 0.160 e. The highest BCUT2D eigenvalue weighted by atomic mass is 16.5. The van der Waals surface area contributed by atoms with Gasteiger partial charge < -0.3 is 14.7 Å². The zero-order valence-electron chi connectivity index (χ0n) is 16.7. The number of aromatic nitrogens is 1. The Balaban J connectivity index is 1.47. The molecule has 1 aromatic heterocycles. The molecule has 0 saturated carbocycles. The number of ether oxygens (including phenoxy) is 1. The number of nitrogens with zero attached hydrogens (tertiary/aromatic N) is 3. The molecule has 1 saturated heterocycles. The number of fused-ring (bicyclic) bond motifs is 1. The lowest BCUT2D eigenvalue weighted by Crippen LogP contribution is -2.47. The van der Waals surface area contributed by atoms with Crippen molar-refractivity contribution in [2.75, 3.05) is 38.2 Å². The van der Waals surface area contributed by atoms with Gasteiger partial charge >= 0.3 is 0 Å². The zero-order chi connectivity index (χ0) is 19.7. The number of rotatable bonds is 4. The van der Waals surface area contributed by atoms with Gasteiger partial charge in [0.15, 0.2) is 11.5 Å². The van der Waals surface area contributed by atoms with E-state index in [0.717, 1.165) is 43.1 Å². The standard InChI is InChI=1S/C23H27N3O2/c1-16-14-23(24-20-7-5-4-6-19(16)20)26-12-10-25(11-13-26)17(2)18-8-9-21(27)22(15-18)28-3/h4-9,14-15,17,27H,10-13H2,1-3H3. The molecule has 3 aromatic rings. The lowest BCUT2D eigenvalue weighted by atomic mass is 10.0. The Labute approximate surface area is 166 Å². The molecule has 1 N–H and O–H groups in total. The minimum atomic E-state index is 0.181. The molecule has 0 radical (unpaired) electrons. The number of benzene rings is 2. The van der Waals surface area contributed by atoms with Crippen molar-refractivity contribution in [2.45, 2.75) is 19.9 Å². The molecule has 0 spiro atoms. The summed E-state index contributed by atoms with van der Waals surface area (Å²) in [6.45, 7) is 8.20. The van der Waals surface area contributed by atoms with Crippen molar-refractivity contribution < 1.29 is 9.84 Å². The normalized spacial score (nSPS) is 16.3. The molecule has 1 unspecified atom stereocenters. The van der Waals surface area contributed by atoms with Crippen LogP contribution in [0.25, 0.3) is 10.9 Å². The highest BCUT2D eigenvalue weighted by Crippen LogP contribution is 2.32. The van der Waals surface area contributed by atoms with E-state index in [2.05, 4.69) is 47.9 Å². The Kier molecular flexibility index (Phi) is 5.09. The number of para-hydroxylation sites is 1. The Morgan fingerprint density at radius 1 is 1.04 bits per heavy atom. The zero-order valence-corrected chi connectivity index (χ0v) is 16.7. The molecule has 0 amide bonds. The summed E-state index contributed by atoms with van der Waals surface area (Å²) in [4.78, 5) is 9.73. The summed E-state index contributed by atoms with van der Waals surface area (Å²) in [5.41, 5.74) is 3.49. The van der Waals surface area contributed by atoms with Gasteiger partial charge in [-0.2, -0.15) is 0 Å². The molecule has 0 aliphatic carbocycles. The summed E-state index contributed by atoms with van der Waals surface area (Å²) >= 11 is 0. The van der Waals surface area contributed by atoms with Gasteiger partial charge in [-0.3, -0.25) is 4.90 Å². The number of methoxy groups -OCH3 is 1. The molecule has 2 aromatic carbocycles. The minimum absolute atomic E-state index is 0.181. The van der Waals surface area contributed by atoms with Gasteiger partial charge in [0.05, 0.1) is 12.6 Å². The summed E-state index contributed by atoms with van der Waals surface area (Å²) in [7, 11) is 1.58. The molecule has 4 rings (SSSR count). The van der Waals surface area contributed by atoms with Crippen LogP contribution in [0, 0.1) is 6.92 Å². The van der Waals surface area contributed by atoms with E-state index < -0.39 is 0 Å². The van der Waals surface area contributed by atoms with Gasteiger partial charge in [-0.25, -0.2) is 4.98 Å². The number of hydrogen-bond acceptors (Lipinski definition) is 5. The van der Waals surface area contributed by atoms with E-state index in [-0.39, 0.29) is 11.8 Å². The first kappa shape index (κ1) is 18.6. The van der Waals surface area contributed by atoms with Crippen molar-refractivity contribution in [1.29, 1.82) is 0 Å². The summed E-state index contributed by atoms with van der Waals surface area (Å²) in [6.07, 6.45) is 0. The fourth-order valence-corrected chi connectivity index (χ4v) is 4.00. The highest BCUT2D eigenvalue weighted by molar-refractivity contribution is 5.83. The molecule has 5 nitrogen and oxygen atoms in total. The molecular weight excluding hydrogens is 350 g/mol. The largest absolute Gasteiger partial charge is 0.504 e. The van der Waals surface area contributed by atoms with Gasteiger partial charge in [0.1, 0.15) is 5.82 Å². The summed E-state index contributed by atoms with van der Waals surface area (Å²) in [6, 6.07) is 16.4. The smallest absolute Gasteiger partial charge is 0.160 e. The van der Waals surface area contributed by atoms with Crippen molar-refractivity contribution in [3.8, 4) is 11.5 Å². The van der Waals surface area contributed by atoms with E-state index in [0.29, 0.717) is 5.75 Å². The van der Waals surface area contributed by atoms with Crippen LogP contribution in [0.5, 0.6) is 11.5 Å². The average molecular weight is 377 g/mol. The second-order valence-electron chi connectivity index (χ2n) is 7.44. The van der Waals surface area contributed by atoms with Gasteiger partial charge in [-0.05, 0) is 49.2 Å². The third kappa shape index (κ3) is 3.50. The molecule has 2 heterocycles. The molecule has 1 atom stereocenters. The lowest BCUT2D eigenvalue weighted by molar-refractivity contribution is 0.198. The Bertz CT molecular complexity index is 981. The number of phenolic OH excluding ortho intramolecular Hbond substituents is 1. The van der Waals surface area contributed by atoms with E-state index >= 15 is 0 Å². The minimum Gasteiger partial charge on any atom is -0.504 e. The topological polar surface area (TPSA) is 48.8 Å². The number of aryl methyl sites for hydroxylation is 1. The SMILES string of the molecule is COc1cc(C(C)N2CCN(c3cc(C)c4ccccc4n3)CC2)ccc1O. The second kappa shape index (κ2) is 7.68. The average Bonchev–Trinajstić information content (AvgIpc) is 2.73. The van der Waals surface area contributed by atoms with Gasteiger partial charge in [-0.15, -0.1) is 0 Å². The van der Waals surface area contributed by atoms with Crippen LogP contribution in [0.1, 0.15) is 24.1 Å². The van der Waals surface area contributed by atoms with Crippen molar-refractivity contribution in [3.63, 3.8) is 0 Å². The summed E-state index contributed by atoms with van der Waals surface area (Å²) in [5, 5.41) is 11.1. The highest BCUT2D eigenvalue weighted by Gasteiger charge is 2.23. The number of piperazine rings is 1. The number of pyridine rings is 1. The second-order valence-corrected chi connectivity index (χ2v) is 7.44. The molecule has 1 aliphatic heterocycles. The predicted molar refractivity (Wildman–Crippen MR) is 113 cm³/mol. The maximum atomic E-state index is 9.83. The lowest BCUT2D eigenvalue weighted by Gasteiger charge is -2.39. The van der Waals surface area contributed by atoms with Crippen LogP contribution in [-0.4, -0.2) is 48.3 Å². The van der Waals surface area contributed by atoms with Gasteiger partial charge in [0.2, 0.25) is 0 Å². The van der Waals surface area contributed by atoms with Crippen LogP contribution in [0.2, 0.25) is 0 Å². The monoisotopic (exact) mass is 377 g/mol. The number of anilines is 1. The fraction of sp³-hybridized carbons (Fsp3) is 0.348. The van der Waals surface area contributed by atoms with E-state index in [4.69, 9.17) is 9.72 Å². The molecule has 146 valence electrons. The van der Waals surface area contributed by atoms with Crippen molar-refractivity contribution in [3.05, 3.63) is 59.7 Å². The third-order valence-corrected chi connectivity index (χ3v) is 5.78. The fourth-order valence-electron chi connectivity index (χ4n) is 4.00. The van der Waals surface area contributed by atoms with Crippen LogP contribution in [0.4, 0.5) is 5.82 Å². The van der Waals surface area contributed by atoms with Crippen LogP contribution in [-0.2, 0) is 0 Å². The molecule has 1 fully saturated rings. The number of aromatic hydroxyl groups is 1. The molecular formula is C23H27N3O2. The predicted octanol–water partition coefficient (Wildman–Crippen LogP) is 4.14. The van der Waals surface area contributed by atoms with Crippen molar-refractivity contribution in [1.82, 2.24) is 9.88 Å². The first-order valence-electron chi connectivity index (χ1n) is 9.79. The Morgan fingerprint density at radius 3 is 2.54 bits per heavy atom. The maximum absolute atomic E-state index is 9.83. The van der Waals surface area contributed by atoms with Gasteiger partial charge in [-0.1, -0.05) is 24.3 Å². The first-order chi connectivity index (χ1) is 13.6. The van der Waals surface area contributed by atoms with Crippen LogP contribution in [0.15, 0.2) is 48.5 Å². The number of hydrogen-bond donors (Lipinski definition) is 1. The molecule has 5 heteroatoms. The first-order valence-corrected chi connectivity index (χ1v) is 9.79. The van der Waals surface area contributed by atoms with Crippen LogP contribution in [0.3, 0.4) is 0 Å².